The molecule has 3 amide bonds. The lowest BCUT2D eigenvalue weighted by Gasteiger charge is -2.28. The fourth-order valence-electron chi connectivity index (χ4n) is 4.47. The molecular formula is C30H43F6N5O5. The summed E-state index contributed by atoms with van der Waals surface area (Å²) in [7, 11) is 1.54. The van der Waals surface area contributed by atoms with Crippen LogP contribution in [0, 0.1) is 11.3 Å². The molecule has 0 radical (unpaired) electrons. The number of rotatable bonds is 6. The minimum Gasteiger partial charge on any atom is -0.444 e. The second kappa shape index (κ2) is 14.0. The van der Waals surface area contributed by atoms with E-state index in [2.05, 4.69) is 15.4 Å². The Morgan fingerprint density at radius 2 is 1.57 bits per heavy atom. The topological polar surface area (TPSA) is 115 Å². The third-order valence-corrected chi connectivity index (χ3v) is 6.89. The van der Waals surface area contributed by atoms with Crippen LogP contribution in [0.25, 0.3) is 5.65 Å². The summed E-state index contributed by atoms with van der Waals surface area (Å²) in [6.45, 7) is 12.2. The Hall–Kier alpha value is -3.59. The van der Waals surface area contributed by atoms with Gasteiger partial charge in [-0.3, -0.25) is 4.79 Å². The third-order valence-electron chi connectivity index (χ3n) is 6.89. The summed E-state index contributed by atoms with van der Waals surface area (Å²) in [4.78, 5) is 40.2. The minimum atomic E-state index is -4.82. The summed E-state index contributed by atoms with van der Waals surface area (Å²) in [6, 6.07) is -0.738. The van der Waals surface area contributed by atoms with E-state index in [1.165, 1.54) is 38.5 Å². The number of alkyl halides is 6. The molecule has 16 heteroatoms. The van der Waals surface area contributed by atoms with E-state index in [0.29, 0.717) is 16.9 Å². The van der Waals surface area contributed by atoms with Crippen molar-refractivity contribution in [3.8, 4) is 0 Å². The van der Waals surface area contributed by atoms with E-state index in [1.54, 1.807) is 12.3 Å². The largest absolute Gasteiger partial charge is 0.444 e. The second-order valence-electron chi connectivity index (χ2n) is 13.8. The molecule has 3 rings (SSSR count). The number of hydrogen-bond acceptors (Lipinski definition) is 7. The number of nitrogens with one attached hydrogen (secondary N) is 1. The average molecular weight is 668 g/mol. The van der Waals surface area contributed by atoms with Crippen molar-refractivity contribution in [2.24, 2.45) is 11.3 Å². The Morgan fingerprint density at radius 1 is 0.978 bits per heavy atom. The number of aromatic nitrogens is 3. The third kappa shape index (κ3) is 11.0. The number of ether oxygens (including phenoxy) is 2. The first-order valence-electron chi connectivity index (χ1n) is 14.7. The number of carbonyl (C=O) groups excluding carboxylic acids is 3. The minimum absolute atomic E-state index is 0.0820. The van der Waals surface area contributed by atoms with Crippen LogP contribution in [0.15, 0.2) is 18.5 Å². The maximum Gasteiger partial charge on any atom is 0.417 e. The number of halogens is 6. The van der Waals surface area contributed by atoms with Gasteiger partial charge in [0.25, 0.3) is 0 Å². The van der Waals surface area contributed by atoms with Gasteiger partial charge in [-0.1, -0.05) is 13.8 Å². The maximum absolute atomic E-state index is 13.7. The van der Waals surface area contributed by atoms with Crippen molar-refractivity contribution in [1.29, 1.82) is 0 Å². The lowest BCUT2D eigenvalue weighted by molar-refractivity contribution is -0.213. The molecule has 260 valence electrons. The van der Waals surface area contributed by atoms with E-state index in [1.807, 2.05) is 20.8 Å². The zero-order valence-corrected chi connectivity index (χ0v) is 27.5. The summed E-state index contributed by atoms with van der Waals surface area (Å²) >= 11 is 0. The first-order valence-corrected chi connectivity index (χ1v) is 14.7. The molecule has 2 aromatic heterocycles. The van der Waals surface area contributed by atoms with E-state index in [4.69, 9.17) is 9.47 Å². The summed E-state index contributed by atoms with van der Waals surface area (Å²) < 4.78 is 91.4. The smallest absolute Gasteiger partial charge is 0.417 e. The number of imidazole rings is 1. The molecule has 1 N–H and O–H groups in total. The number of nitrogens with zero attached hydrogens (tertiary/aromatic N) is 4. The molecule has 2 aromatic rings. The van der Waals surface area contributed by atoms with Crippen molar-refractivity contribution in [2.75, 3.05) is 7.05 Å². The monoisotopic (exact) mass is 667 g/mol. The first-order chi connectivity index (χ1) is 20.7. The van der Waals surface area contributed by atoms with Crippen molar-refractivity contribution in [1.82, 2.24) is 24.8 Å². The van der Waals surface area contributed by atoms with Gasteiger partial charge in [0, 0.05) is 13.0 Å². The van der Waals surface area contributed by atoms with Gasteiger partial charge in [-0.05, 0) is 85.3 Å². The lowest BCUT2D eigenvalue weighted by Crippen LogP contribution is -2.48. The van der Waals surface area contributed by atoms with Crippen molar-refractivity contribution in [3.05, 3.63) is 29.7 Å². The molecule has 3 heterocycles. The molecule has 1 aliphatic heterocycles. The van der Waals surface area contributed by atoms with E-state index in [0.717, 1.165) is 13.8 Å². The van der Waals surface area contributed by atoms with Crippen LogP contribution < -0.4 is 5.32 Å². The fourth-order valence-corrected chi connectivity index (χ4v) is 4.47. The molecule has 1 aliphatic rings. The van der Waals surface area contributed by atoms with Gasteiger partial charge >= 0.3 is 24.5 Å². The average Bonchev–Trinajstić information content (AvgIpc) is 3.41. The van der Waals surface area contributed by atoms with Gasteiger partial charge in [0.15, 0.2) is 5.65 Å². The molecule has 1 fully saturated rings. The van der Waals surface area contributed by atoms with Crippen molar-refractivity contribution in [3.63, 3.8) is 0 Å². The van der Waals surface area contributed by atoms with Crippen LogP contribution in [0.5, 0.6) is 0 Å². The van der Waals surface area contributed by atoms with Gasteiger partial charge in [-0.2, -0.15) is 31.4 Å². The number of amides is 3. The predicted octanol–water partition coefficient (Wildman–Crippen LogP) is 7.04. The maximum atomic E-state index is 13.7. The second-order valence-corrected chi connectivity index (χ2v) is 13.8. The summed E-state index contributed by atoms with van der Waals surface area (Å²) in [5.41, 5.74) is -1.99. The number of alkyl carbamates (subject to hydrolysis) is 1. The van der Waals surface area contributed by atoms with Crippen LogP contribution in [-0.4, -0.2) is 74.2 Å². The molecular weight excluding hydrogens is 624 g/mol. The van der Waals surface area contributed by atoms with E-state index in [9.17, 15) is 40.7 Å². The SMILES string of the molecule is CC(C)(C)OC(=O)N1C(=O)C(Cc2cnn3cc(CCCC(C)(C)C(F)(F)F)nc3c2)CC1C(F)(F)F.CNC(=O)OC(C)(C)C. The highest BCUT2D eigenvalue weighted by molar-refractivity contribution is 5.96. The standard InChI is InChI=1S/C24H30F6N4O3.C6H13NO2/c1-21(2,3)37-20(36)34-17(23(25,26)27)11-15(19(34)35)9-14-10-18-32-16(13-33(18)31-12-14)7-6-8-22(4,5)24(28,29)30;1-6(2,3)9-5(8)7-4/h10,12-13,15,17H,6-9,11H2,1-5H3;1-4H3,(H,7,8). The van der Waals surface area contributed by atoms with Crippen LogP contribution in [0.2, 0.25) is 0 Å². The number of hydrogen-bond donors (Lipinski definition) is 1. The normalized spacial score (nSPS) is 17.9. The number of likely N-dealkylation sites (tertiary alicyclic amines) is 1. The zero-order valence-electron chi connectivity index (χ0n) is 27.5. The Bertz CT molecular complexity index is 1380. The summed E-state index contributed by atoms with van der Waals surface area (Å²) in [5.74, 6) is -2.10. The highest BCUT2D eigenvalue weighted by atomic mass is 19.4. The van der Waals surface area contributed by atoms with Gasteiger partial charge in [0.1, 0.15) is 17.2 Å². The van der Waals surface area contributed by atoms with Gasteiger partial charge < -0.3 is 14.8 Å². The van der Waals surface area contributed by atoms with Crippen molar-refractivity contribution < 1.29 is 50.2 Å². The predicted molar refractivity (Wildman–Crippen MR) is 156 cm³/mol. The van der Waals surface area contributed by atoms with Gasteiger partial charge in [0.05, 0.1) is 23.5 Å². The fraction of sp³-hybridized carbons (Fsp3) is 0.700. The Labute approximate surface area is 264 Å². The summed E-state index contributed by atoms with van der Waals surface area (Å²) in [5, 5.41) is 6.53. The number of imide groups is 1. The summed E-state index contributed by atoms with van der Waals surface area (Å²) in [6.07, 6.45) is -8.16. The Kier molecular flexibility index (Phi) is 11.8. The number of aryl methyl sites for hydroxylation is 1. The molecule has 0 spiro atoms. The van der Waals surface area contributed by atoms with Crippen LogP contribution in [-0.2, 0) is 27.1 Å². The molecule has 46 heavy (non-hydrogen) atoms. The Morgan fingerprint density at radius 3 is 2.04 bits per heavy atom. The van der Waals surface area contributed by atoms with E-state index in [-0.39, 0.29) is 42.3 Å². The highest BCUT2D eigenvalue weighted by Gasteiger charge is 2.56. The van der Waals surface area contributed by atoms with Crippen molar-refractivity contribution in [2.45, 2.75) is 117 Å². The molecule has 2 atom stereocenters. The zero-order chi connectivity index (χ0) is 35.5. The van der Waals surface area contributed by atoms with E-state index < -0.39 is 53.7 Å². The van der Waals surface area contributed by atoms with Crippen molar-refractivity contribution >= 4 is 23.7 Å². The number of fused-ring (bicyclic) bond motifs is 1. The van der Waals surface area contributed by atoms with Gasteiger partial charge in [-0.25, -0.2) is 24.0 Å². The lowest BCUT2D eigenvalue weighted by atomic mass is 9.86. The first kappa shape index (κ1) is 38.6. The number of carbonyl (C=O) groups is 3. The molecule has 0 aliphatic carbocycles. The van der Waals surface area contributed by atoms with Gasteiger partial charge in [-0.15, -0.1) is 0 Å². The highest BCUT2D eigenvalue weighted by Crippen LogP contribution is 2.41. The quantitative estimate of drug-likeness (QED) is 0.329. The van der Waals surface area contributed by atoms with Crippen LogP contribution in [0.4, 0.5) is 35.9 Å². The van der Waals surface area contributed by atoms with Crippen LogP contribution in [0.3, 0.4) is 0 Å². The molecule has 2 unspecified atom stereocenters. The molecule has 0 aromatic carbocycles. The Balaban J connectivity index is 0.000000713. The molecule has 0 bridgehead atoms. The van der Waals surface area contributed by atoms with E-state index >= 15 is 0 Å². The molecule has 0 saturated carbocycles. The molecule has 10 nitrogen and oxygen atoms in total. The van der Waals surface area contributed by atoms with Gasteiger partial charge in [0.2, 0.25) is 5.91 Å². The van der Waals surface area contributed by atoms with Crippen LogP contribution >= 0.6 is 0 Å². The molecule has 1 saturated heterocycles. The van der Waals surface area contributed by atoms with Crippen LogP contribution in [0.1, 0.15) is 85.9 Å².